The summed E-state index contributed by atoms with van der Waals surface area (Å²) in [6.45, 7) is 0.851. The van der Waals surface area contributed by atoms with Crippen LogP contribution in [0.2, 0.25) is 0 Å². The molecule has 0 radical (unpaired) electrons. The summed E-state index contributed by atoms with van der Waals surface area (Å²) in [5, 5.41) is 0. The van der Waals surface area contributed by atoms with Crippen LogP contribution in [0.1, 0.15) is 44.9 Å². The Hall–Kier alpha value is -0.120. The minimum Gasteiger partial charge on any atom is -0.353 e. The molecule has 1 saturated carbocycles. The highest BCUT2D eigenvalue weighted by Crippen LogP contribution is 2.39. The van der Waals surface area contributed by atoms with Crippen LogP contribution in [0.15, 0.2) is 0 Å². The van der Waals surface area contributed by atoms with Crippen LogP contribution < -0.4 is 0 Å². The van der Waals surface area contributed by atoms with E-state index in [1.54, 1.807) is 0 Å². The first-order valence-electron chi connectivity index (χ1n) is 6.34. The van der Waals surface area contributed by atoms with Gasteiger partial charge >= 0.3 is 0 Å². The Morgan fingerprint density at radius 1 is 0.933 bits per heavy atom. The van der Waals surface area contributed by atoms with Crippen LogP contribution in [-0.4, -0.2) is 25.3 Å². The fraction of sp³-hybridized carbons (Fsp3) is 1.00. The normalized spacial score (nSPS) is 45.6. The monoisotopic (exact) mass is 212 g/mol. The second-order valence-corrected chi connectivity index (χ2v) is 4.96. The van der Waals surface area contributed by atoms with E-state index in [1.165, 1.54) is 32.1 Å². The minimum atomic E-state index is 0.00239. The molecule has 0 N–H and O–H groups in total. The maximum absolute atomic E-state index is 5.89. The van der Waals surface area contributed by atoms with E-state index >= 15 is 0 Å². The molecule has 86 valence electrons. The van der Waals surface area contributed by atoms with Crippen molar-refractivity contribution in [2.45, 2.75) is 63.6 Å². The van der Waals surface area contributed by atoms with E-state index in [2.05, 4.69) is 0 Å². The molecular weight excluding hydrogens is 192 g/mol. The Bertz CT molecular complexity index is 201. The summed E-state index contributed by atoms with van der Waals surface area (Å²) in [7, 11) is 0. The zero-order chi connectivity index (χ0) is 10.1. The lowest BCUT2D eigenvalue weighted by Crippen LogP contribution is -2.28. The summed E-state index contributed by atoms with van der Waals surface area (Å²) in [5.41, 5.74) is 0. The number of rotatable bonds is 2. The summed E-state index contributed by atoms with van der Waals surface area (Å²) in [5.74, 6) is 0.763. The number of ether oxygens (including phenoxy) is 3. The van der Waals surface area contributed by atoms with Crippen molar-refractivity contribution in [3.05, 3.63) is 0 Å². The van der Waals surface area contributed by atoms with Gasteiger partial charge in [-0.25, -0.2) is 0 Å². The second kappa shape index (κ2) is 4.40. The van der Waals surface area contributed by atoms with Crippen molar-refractivity contribution >= 4 is 0 Å². The van der Waals surface area contributed by atoms with Crippen molar-refractivity contribution in [1.82, 2.24) is 0 Å². The largest absolute Gasteiger partial charge is 0.353 e. The van der Waals surface area contributed by atoms with Crippen LogP contribution in [0.5, 0.6) is 0 Å². The Balaban J connectivity index is 1.48. The third-order valence-corrected chi connectivity index (χ3v) is 3.85. The van der Waals surface area contributed by atoms with E-state index in [-0.39, 0.29) is 12.6 Å². The fourth-order valence-electron chi connectivity index (χ4n) is 3.02. The van der Waals surface area contributed by atoms with Gasteiger partial charge < -0.3 is 14.2 Å². The van der Waals surface area contributed by atoms with Gasteiger partial charge in [-0.3, -0.25) is 0 Å². The quantitative estimate of drug-likeness (QED) is 0.703. The lowest BCUT2D eigenvalue weighted by atomic mass is 10.1. The highest BCUT2D eigenvalue weighted by Gasteiger charge is 2.39. The van der Waals surface area contributed by atoms with Gasteiger partial charge in [0.25, 0.3) is 0 Å². The number of hydrogen-bond acceptors (Lipinski definition) is 3. The Labute approximate surface area is 91.1 Å². The molecule has 3 rings (SSSR count). The van der Waals surface area contributed by atoms with Gasteiger partial charge in [0.15, 0.2) is 12.6 Å². The molecule has 0 aromatic rings. The van der Waals surface area contributed by atoms with E-state index in [0.29, 0.717) is 6.10 Å². The standard InChI is InChI=1S/C12H20O3/c1-2-7-13-11(6-1)15-12-8-9-4-3-5-10(9)14-12/h9-12H,1-8H2. The Morgan fingerprint density at radius 2 is 1.93 bits per heavy atom. The smallest absolute Gasteiger partial charge is 0.161 e. The molecule has 15 heavy (non-hydrogen) atoms. The van der Waals surface area contributed by atoms with Gasteiger partial charge in [-0.05, 0) is 38.0 Å². The van der Waals surface area contributed by atoms with Crippen LogP contribution in [0.25, 0.3) is 0 Å². The molecule has 1 aliphatic carbocycles. The van der Waals surface area contributed by atoms with Crippen LogP contribution in [0, 0.1) is 5.92 Å². The summed E-state index contributed by atoms with van der Waals surface area (Å²) >= 11 is 0. The minimum absolute atomic E-state index is 0.00239. The van der Waals surface area contributed by atoms with Gasteiger partial charge in [-0.15, -0.1) is 0 Å². The van der Waals surface area contributed by atoms with E-state index in [9.17, 15) is 0 Å². The lowest BCUT2D eigenvalue weighted by Gasteiger charge is -2.25. The van der Waals surface area contributed by atoms with Crippen molar-refractivity contribution in [1.29, 1.82) is 0 Å². The van der Waals surface area contributed by atoms with Gasteiger partial charge in [-0.1, -0.05) is 6.42 Å². The summed E-state index contributed by atoms with van der Waals surface area (Å²) in [6, 6.07) is 0. The predicted molar refractivity (Wildman–Crippen MR) is 55.3 cm³/mol. The molecule has 4 atom stereocenters. The molecular formula is C12H20O3. The fourth-order valence-corrected chi connectivity index (χ4v) is 3.02. The van der Waals surface area contributed by atoms with Crippen molar-refractivity contribution in [3.8, 4) is 0 Å². The van der Waals surface area contributed by atoms with Crippen LogP contribution in [-0.2, 0) is 14.2 Å². The first kappa shape index (κ1) is 10.1. The highest BCUT2D eigenvalue weighted by molar-refractivity contribution is 4.84. The van der Waals surface area contributed by atoms with Gasteiger partial charge in [0.05, 0.1) is 6.10 Å². The van der Waals surface area contributed by atoms with E-state index < -0.39 is 0 Å². The molecule has 0 spiro atoms. The predicted octanol–water partition coefficient (Wildman–Crippen LogP) is 2.44. The molecule has 3 aliphatic rings. The first-order valence-corrected chi connectivity index (χ1v) is 6.34. The van der Waals surface area contributed by atoms with Gasteiger partial charge in [0.2, 0.25) is 0 Å². The molecule has 2 heterocycles. The van der Waals surface area contributed by atoms with E-state index in [1.807, 2.05) is 0 Å². The van der Waals surface area contributed by atoms with Crippen LogP contribution >= 0.6 is 0 Å². The van der Waals surface area contributed by atoms with Crippen LogP contribution in [0.3, 0.4) is 0 Å². The molecule has 0 bridgehead atoms. The third kappa shape index (κ3) is 2.19. The van der Waals surface area contributed by atoms with E-state index in [4.69, 9.17) is 14.2 Å². The topological polar surface area (TPSA) is 27.7 Å². The van der Waals surface area contributed by atoms with Gasteiger partial charge in [0.1, 0.15) is 0 Å². The maximum Gasteiger partial charge on any atom is 0.161 e. The van der Waals surface area contributed by atoms with Crippen molar-refractivity contribution < 1.29 is 14.2 Å². The molecule has 0 aromatic heterocycles. The van der Waals surface area contributed by atoms with E-state index in [0.717, 1.165) is 25.4 Å². The summed E-state index contributed by atoms with van der Waals surface area (Å²) < 4.78 is 17.3. The van der Waals surface area contributed by atoms with Gasteiger partial charge in [-0.2, -0.15) is 0 Å². The maximum atomic E-state index is 5.89. The molecule has 0 aromatic carbocycles. The Morgan fingerprint density at radius 3 is 2.73 bits per heavy atom. The summed E-state index contributed by atoms with van der Waals surface area (Å²) in [4.78, 5) is 0. The van der Waals surface area contributed by atoms with Crippen molar-refractivity contribution in [2.24, 2.45) is 5.92 Å². The van der Waals surface area contributed by atoms with Crippen molar-refractivity contribution in [3.63, 3.8) is 0 Å². The van der Waals surface area contributed by atoms with Crippen molar-refractivity contribution in [2.75, 3.05) is 6.61 Å². The Kier molecular flexibility index (Phi) is 2.95. The molecule has 0 amide bonds. The lowest BCUT2D eigenvalue weighted by molar-refractivity contribution is -0.249. The van der Waals surface area contributed by atoms with Gasteiger partial charge in [0, 0.05) is 13.0 Å². The number of fused-ring (bicyclic) bond motifs is 1. The average Bonchev–Trinajstić information content (AvgIpc) is 2.79. The molecule has 4 unspecified atom stereocenters. The second-order valence-electron chi connectivity index (χ2n) is 4.96. The highest BCUT2D eigenvalue weighted by atomic mass is 16.8. The van der Waals surface area contributed by atoms with Crippen LogP contribution in [0.4, 0.5) is 0 Å². The SMILES string of the molecule is C1CCC(OC2CC3CCCC3O2)OC1. The third-order valence-electron chi connectivity index (χ3n) is 3.85. The average molecular weight is 212 g/mol. The molecule has 2 saturated heterocycles. The zero-order valence-corrected chi connectivity index (χ0v) is 9.19. The summed E-state index contributed by atoms with van der Waals surface area (Å²) in [6.07, 6.45) is 8.93. The number of hydrogen-bond donors (Lipinski definition) is 0. The molecule has 2 aliphatic heterocycles. The zero-order valence-electron chi connectivity index (χ0n) is 9.19. The molecule has 3 nitrogen and oxygen atoms in total. The first-order chi connectivity index (χ1) is 7.42. The molecule has 3 fully saturated rings. The molecule has 3 heteroatoms.